The van der Waals surface area contributed by atoms with Gasteiger partial charge in [0.1, 0.15) is 18.0 Å². The Hall–Kier alpha value is -1.39. The van der Waals surface area contributed by atoms with Gasteiger partial charge in [0.05, 0.1) is 0 Å². The minimum atomic E-state index is -0.239. The van der Waals surface area contributed by atoms with E-state index >= 15 is 0 Å². The molecule has 168 valence electrons. The first-order valence-electron chi connectivity index (χ1n) is 11.9. The fourth-order valence-corrected chi connectivity index (χ4v) is 8.50. The number of hydrogen-bond donors (Lipinski definition) is 0. The second-order valence-corrected chi connectivity index (χ2v) is 11.2. The Morgan fingerprint density at radius 3 is 2.30 bits per heavy atom. The third-order valence-corrected chi connectivity index (χ3v) is 9.73. The van der Waals surface area contributed by atoms with Crippen LogP contribution in [0.1, 0.15) is 86.0 Å². The fourth-order valence-electron chi connectivity index (χ4n) is 8.50. The van der Waals surface area contributed by atoms with E-state index < -0.39 is 0 Å². The highest BCUT2D eigenvalue weighted by atomic mass is 16.5. The lowest BCUT2D eigenvalue weighted by molar-refractivity contribution is -0.171. The first kappa shape index (κ1) is 21.8. The van der Waals surface area contributed by atoms with Crippen LogP contribution in [0.25, 0.3) is 0 Å². The quantitative estimate of drug-likeness (QED) is 0.621. The van der Waals surface area contributed by atoms with E-state index in [0.29, 0.717) is 42.3 Å². The molecule has 0 heterocycles. The van der Waals surface area contributed by atoms with Gasteiger partial charge in [0, 0.05) is 32.1 Å². The van der Waals surface area contributed by atoms with Gasteiger partial charge in [-0.25, -0.2) is 0 Å². The van der Waals surface area contributed by atoms with Crippen molar-refractivity contribution in [1.82, 2.24) is 0 Å². The first-order chi connectivity index (χ1) is 14.1. The van der Waals surface area contributed by atoms with Crippen molar-refractivity contribution < 1.29 is 23.9 Å². The van der Waals surface area contributed by atoms with Gasteiger partial charge < -0.3 is 9.47 Å². The summed E-state index contributed by atoms with van der Waals surface area (Å²) < 4.78 is 11.1. The van der Waals surface area contributed by atoms with E-state index in [1.54, 1.807) is 0 Å². The molecule has 0 bridgehead atoms. The molecule has 0 radical (unpaired) electrons. The SMILES string of the molecule is CC(=O)O[C@H]1CC[C@@]2(C)[C@H](C1)C(=O)C[C@@H]1[C@@H]2CC[C@]2(C)[C@@H]([C@@H](C)OC(C)=O)CC[C@@H]12. The summed E-state index contributed by atoms with van der Waals surface area (Å²) in [5.41, 5.74) is 0.173. The first-order valence-corrected chi connectivity index (χ1v) is 11.9. The van der Waals surface area contributed by atoms with Gasteiger partial charge in [-0.2, -0.15) is 0 Å². The van der Waals surface area contributed by atoms with E-state index in [4.69, 9.17) is 9.47 Å². The van der Waals surface area contributed by atoms with Gasteiger partial charge in [0.15, 0.2) is 0 Å². The average molecular weight is 419 g/mol. The normalized spacial score (nSPS) is 46.2. The number of Topliss-reactive ketones (excluding diaryl/α,β-unsaturated/α-hetero) is 1. The van der Waals surface area contributed by atoms with Gasteiger partial charge in [-0.1, -0.05) is 13.8 Å². The van der Waals surface area contributed by atoms with E-state index in [9.17, 15) is 14.4 Å². The Morgan fingerprint density at radius 1 is 0.967 bits per heavy atom. The number of rotatable bonds is 3. The van der Waals surface area contributed by atoms with Crippen molar-refractivity contribution in [2.24, 2.45) is 40.4 Å². The topological polar surface area (TPSA) is 69.7 Å². The van der Waals surface area contributed by atoms with Gasteiger partial charge >= 0.3 is 11.9 Å². The zero-order valence-electron chi connectivity index (χ0n) is 19.2. The maximum Gasteiger partial charge on any atom is 0.302 e. The van der Waals surface area contributed by atoms with Crippen molar-refractivity contribution in [2.75, 3.05) is 0 Å². The van der Waals surface area contributed by atoms with Crippen LogP contribution in [0.2, 0.25) is 0 Å². The van der Waals surface area contributed by atoms with Crippen LogP contribution in [0, 0.1) is 40.4 Å². The highest BCUT2D eigenvalue weighted by molar-refractivity contribution is 5.83. The Kier molecular flexibility index (Phi) is 5.55. The summed E-state index contributed by atoms with van der Waals surface area (Å²) in [5, 5.41) is 0. The predicted molar refractivity (Wildman–Crippen MR) is 112 cm³/mol. The van der Waals surface area contributed by atoms with Crippen LogP contribution in [0.3, 0.4) is 0 Å². The summed E-state index contributed by atoms with van der Waals surface area (Å²) >= 11 is 0. The molecule has 0 aromatic rings. The van der Waals surface area contributed by atoms with E-state index in [0.717, 1.165) is 38.5 Å². The number of hydrogen-bond acceptors (Lipinski definition) is 5. The second-order valence-electron chi connectivity index (χ2n) is 11.2. The Balaban J connectivity index is 1.55. The fraction of sp³-hybridized carbons (Fsp3) is 0.880. The molecule has 4 rings (SSSR count). The Morgan fingerprint density at radius 2 is 1.63 bits per heavy atom. The standard InChI is InChI=1S/C25H38O5/c1-14(29-15(2)26)19-6-7-20-18-13-23(28)22-12-17(30-16(3)27)8-10-25(22,5)21(18)9-11-24(19,20)4/h14,17-22H,6-13H2,1-5H3/t14-,17+,18+,19-,20+,21+,22-,24-,25-/m1/s1. The summed E-state index contributed by atoms with van der Waals surface area (Å²) in [6.07, 6.45) is 7.58. The maximum atomic E-state index is 13.4. The summed E-state index contributed by atoms with van der Waals surface area (Å²) in [5.74, 6) is 1.90. The van der Waals surface area contributed by atoms with Crippen LogP contribution in [0.15, 0.2) is 0 Å². The van der Waals surface area contributed by atoms with Crippen LogP contribution in [-0.4, -0.2) is 29.9 Å². The molecule has 0 aromatic heterocycles. The number of carbonyl (C=O) groups excluding carboxylic acids is 3. The molecule has 4 saturated carbocycles. The molecule has 0 spiro atoms. The van der Waals surface area contributed by atoms with E-state index in [-0.39, 0.29) is 40.9 Å². The number of ether oxygens (including phenoxy) is 2. The average Bonchev–Trinajstić information content (AvgIpc) is 2.99. The maximum absolute atomic E-state index is 13.4. The van der Waals surface area contributed by atoms with Crippen molar-refractivity contribution in [3.63, 3.8) is 0 Å². The lowest BCUT2D eigenvalue weighted by Gasteiger charge is -2.60. The number of ketones is 1. The minimum Gasteiger partial charge on any atom is -0.463 e. The van der Waals surface area contributed by atoms with Gasteiger partial charge in [0.25, 0.3) is 0 Å². The van der Waals surface area contributed by atoms with Gasteiger partial charge in [0.2, 0.25) is 0 Å². The third kappa shape index (κ3) is 3.40. The van der Waals surface area contributed by atoms with E-state index in [2.05, 4.69) is 13.8 Å². The molecule has 5 nitrogen and oxygen atoms in total. The van der Waals surface area contributed by atoms with Crippen molar-refractivity contribution in [3.05, 3.63) is 0 Å². The van der Waals surface area contributed by atoms with Crippen LogP contribution in [-0.2, 0) is 23.9 Å². The van der Waals surface area contributed by atoms with Crippen LogP contribution < -0.4 is 0 Å². The van der Waals surface area contributed by atoms with Gasteiger partial charge in [-0.3, -0.25) is 14.4 Å². The van der Waals surface area contributed by atoms with Gasteiger partial charge in [-0.05, 0) is 80.5 Å². The molecule has 9 atom stereocenters. The second kappa shape index (κ2) is 7.63. The summed E-state index contributed by atoms with van der Waals surface area (Å²) in [6, 6.07) is 0. The highest BCUT2D eigenvalue weighted by Gasteiger charge is 2.63. The molecule has 5 heteroatoms. The lowest BCUT2D eigenvalue weighted by atomic mass is 9.44. The molecule has 0 amide bonds. The molecule has 0 unspecified atom stereocenters. The molecule has 4 fully saturated rings. The Labute approximate surface area is 180 Å². The number of esters is 2. The van der Waals surface area contributed by atoms with Crippen molar-refractivity contribution in [3.8, 4) is 0 Å². The monoisotopic (exact) mass is 418 g/mol. The molecule has 4 aliphatic carbocycles. The van der Waals surface area contributed by atoms with Crippen LogP contribution in [0.4, 0.5) is 0 Å². The van der Waals surface area contributed by atoms with Crippen molar-refractivity contribution in [2.45, 2.75) is 98.2 Å². The summed E-state index contributed by atoms with van der Waals surface area (Å²) in [7, 11) is 0. The Bertz CT molecular complexity index is 731. The minimum absolute atomic E-state index is 0.0254. The summed E-state index contributed by atoms with van der Waals surface area (Å²) in [4.78, 5) is 36.3. The van der Waals surface area contributed by atoms with E-state index in [1.807, 2.05) is 6.92 Å². The number of fused-ring (bicyclic) bond motifs is 5. The van der Waals surface area contributed by atoms with E-state index in [1.165, 1.54) is 13.8 Å². The van der Waals surface area contributed by atoms with Crippen molar-refractivity contribution in [1.29, 1.82) is 0 Å². The lowest BCUT2D eigenvalue weighted by Crippen LogP contribution is -2.57. The predicted octanol–water partition coefficient (Wildman–Crippen LogP) is 4.71. The van der Waals surface area contributed by atoms with Gasteiger partial charge in [-0.15, -0.1) is 0 Å². The zero-order valence-corrected chi connectivity index (χ0v) is 19.2. The molecule has 4 aliphatic rings. The molecule has 0 aromatic carbocycles. The summed E-state index contributed by atoms with van der Waals surface area (Å²) in [6.45, 7) is 9.73. The molecular formula is C25H38O5. The van der Waals surface area contributed by atoms with Crippen LogP contribution in [0.5, 0.6) is 0 Å². The zero-order chi connectivity index (χ0) is 21.8. The largest absolute Gasteiger partial charge is 0.463 e. The third-order valence-electron chi connectivity index (χ3n) is 9.73. The molecule has 0 N–H and O–H groups in total. The molecule has 0 saturated heterocycles. The van der Waals surface area contributed by atoms with Crippen molar-refractivity contribution >= 4 is 17.7 Å². The smallest absolute Gasteiger partial charge is 0.302 e. The molecule has 0 aliphatic heterocycles. The van der Waals surface area contributed by atoms with Crippen LogP contribution >= 0.6 is 0 Å². The molecular weight excluding hydrogens is 380 g/mol. The molecule has 30 heavy (non-hydrogen) atoms. The number of carbonyl (C=O) groups is 3. The highest BCUT2D eigenvalue weighted by Crippen LogP contribution is 2.67.